The third-order valence-electron chi connectivity index (χ3n) is 11.7. The van der Waals surface area contributed by atoms with E-state index in [1.165, 1.54) is 32.3 Å². The first-order valence-corrected chi connectivity index (χ1v) is 19.9. The van der Waals surface area contributed by atoms with E-state index < -0.39 is 0 Å². The Balaban J connectivity index is 1.01. The lowest BCUT2D eigenvalue weighted by Gasteiger charge is -2.13. The molecule has 274 valence electrons. The zero-order chi connectivity index (χ0) is 38.9. The number of pyridine rings is 1. The zero-order valence-electron chi connectivity index (χ0n) is 31.8. The van der Waals surface area contributed by atoms with Crippen molar-refractivity contribution in [3.05, 3.63) is 200 Å². The second kappa shape index (κ2) is 13.3. The van der Waals surface area contributed by atoms with Crippen LogP contribution >= 0.6 is 0 Å². The van der Waals surface area contributed by atoms with Crippen LogP contribution in [0.15, 0.2) is 205 Å². The molecule has 0 spiro atoms. The van der Waals surface area contributed by atoms with E-state index in [4.69, 9.17) is 19.4 Å². The fourth-order valence-electron chi connectivity index (χ4n) is 8.82. The maximum absolute atomic E-state index is 6.65. The average Bonchev–Trinajstić information content (AvgIpc) is 3.72. The van der Waals surface area contributed by atoms with Gasteiger partial charge in [0.05, 0.1) is 16.9 Å². The van der Waals surface area contributed by atoms with Crippen molar-refractivity contribution in [2.75, 3.05) is 0 Å². The Labute approximate surface area is 339 Å². The fourth-order valence-corrected chi connectivity index (χ4v) is 8.82. The topological polar surface area (TPSA) is 51.8 Å². The molecule has 0 N–H and O–H groups in total. The van der Waals surface area contributed by atoms with Gasteiger partial charge >= 0.3 is 0 Å². The highest BCUT2D eigenvalue weighted by Gasteiger charge is 2.19. The first kappa shape index (κ1) is 33.2. The molecule has 3 aromatic heterocycles. The molecule has 0 amide bonds. The molecule has 0 saturated carbocycles. The lowest BCUT2D eigenvalue weighted by atomic mass is 9.92. The van der Waals surface area contributed by atoms with Crippen molar-refractivity contribution >= 4 is 65.2 Å². The van der Waals surface area contributed by atoms with Crippen molar-refractivity contribution in [3.8, 4) is 56.3 Å². The van der Waals surface area contributed by atoms with Gasteiger partial charge in [0.25, 0.3) is 0 Å². The molecular weight excluding hydrogens is 719 g/mol. The smallest absolute Gasteiger partial charge is 0.162 e. The summed E-state index contributed by atoms with van der Waals surface area (Å²) >= 11 is 0. The molecule has 4 nitrogen and oxygen atoms in total. The molecule has 0 unspecified atom stereocenters. The minimum atomic E-state index is 0.690. The first-order valence-electron chi connectivity index (χ1n) is 19.9. The van der Waals surface area contributed by atoms with E-state index in [1.807, 2.05) is 48.5 Å². The van der Waals surface area contributed by atoms with Crippen LogP contribution in [0.5, 0.6) is 0 Å². The Morgan fingerprint density at radius 1 is 0.305 bits per heavy atom. The molecular formula is C55H33N3O. The summed E-state index contributed by atoms with van der Waals surface area (Å²) in [6, 6.07) is 70.3. The molecule has 0 bridgehead atoms. The summed E-state index contributed by atoms with van der Waals surface area (Å²) in [5, 5.41) is 10.8. The monoisotopic (exact) mass is 751 g/mol. The fraction of sp³-hybridized carbons (Fsp3) is 0. The van der Waals surface area contributed by atoms with Crippen LogP contribution < -0.4 is 0 Å². The third kappa shape index (κ3) is 5.49. The van der Waals surface area contributed by atoms with Gasteiger partial charge in [-0.3, -0.25) is 0 Å². The van der Waals surface area contributed by atoms with Crippen molar-refractivity contribution in [1.29, 1.82) is 0 Å². The Hall–Kier alpha value is -7.95. The quantitative estimate of drug-likeness (QED) is 0.164. The number of benzene rings is 9. The van der Waals surface area contributed by atoms with Gasteiger partial charge in [-0.1, -0.05) is 176 Å². The van der Waals surface area contributed by atoms with Crippen LogP contribution in [0.3, 0.4) is 0 Å². The molecule has 0 radical (unpaired) electrons. The van der Waals surface area contributed by atoms with Crippen molar-refractivity contribution in [3.63, 3.8) is 0 Å². The number of fused-ring (bicyclic) bond motifs is 11. The van der Waals surface area contributed by atoms with Crippen LogP contribution in [-0.2, 0) is 0 Å². The third-order valence-corrected chi connectivity index (χ3v) is 11.7. The van der Waals surface area contributed by atoms with Crippen LogP contribution in [0.2, 0.25) is 0 Å². The van der Waals surface area contributed by atoms with Crippen LogP contribution in [0.4, 0.5) is 0 Å². The second-order valence-corrected chi connectivity index (χ2v) is 15.1. The SMILES string of the molecule is c1ccc(-c2cc(-c3ccc(-c4nc5cc(-c6ccc7c8ccccc8c8ccccc8c7c6)ccc5c5c4oc4ccccc45)cc3)nc(-c3ccccc3)n2)cc1. The second-order valence-electron chi connectivity index (χ2n) is 15.1. The molecule has 12 rings (SSSR count). The Morgan fingerprint density at radius 2 is 0.780 bits per heavy atom. The highest BCUT2D eigenvalue weighted by Crippen LogP contribution is 2.42. The van der Waals surface area contributed by atoms with Gasteiger partial charge in [0, 0.05) is 38.4 Å². The summed E-state index contributed by atoms with van der Waals surface area (Å²) < 4.78 is 6.65. The minimum Gasteiger partial charge on any atom is -0.454 e. The Morgan fingerprint density at radius 3 is 1.44 bits per heavy atom. The lowest BCUT2D eigenvalue weighted by Crippen LogP contribution is -1.96. The zero-order valence-corrected chi connectivity index (χ0v) is 31.8. The van der Waals surface area contributed by atoms with E-state index >= 15 is 0 Å². The molecule has 0 saturated heterocycles. The van der Waals surface area contributed by atoms with Crippen LogP contribution in [0.25, 0.3) is 121 Å². The first-order chi connectivity index (χ1) is 29.2. The maximum atomic E-state index is 6.65. The molecule has 0 aliphatic carbocycles. The standard InChI is InChI=1S/C55H33N3O/c1-3-13-34(14-4-1)48-33-49(58-55(57-48)37-15-5-2-6-16-37)35-23-25-36(26-24-35)53-54-52(46-21-11-12-22-51(46)59-54)45-30-28-39(32-50(45)56-53)38-27-29-44-42-19-8-7-17-40(42)41-18-9-10-20-43(41)47(44)31-38/h1-33H. The average molecular weight is 752 g/mol. The number of hydrogen-bond donors (Lipinski definition) is 0. The number of aromatic nitrogens is 3. The number of para-hydroxylation sites is 1. The highest BCUT2D eigenvalue weighted by atomic mass is 16.3. The number of nitrogens with zero attached hydrogens (tertiary/aromatic N) is 3. The predicted octanol–water partition coefficient (Wildman–Crippen LogP) is 14.7. The molecule has 0 aliphatic heterocycles. The van der Waals surface area contributed by atoms with Gasteiger partial charge in [0.2, 0.25) is 0 Å². The largest absolute Gasteiger partial charge is 0.454 e. The van der Waals surface area contributed by atoms with Gasteiger partial charge in [-0.05, 0) is 67.7 Å². The van der Waals surface area contributed by atoms with E-state index in [1.54, 1.807) is 0 Å². The van der Waals surface area contributed by atoms with Gasteiger partial charge in [-0.25, -0.2) is 15.0 Å². The van der Waals surface area contributed by atoms with Crippen LogP contribution in [0, 0.1) is 0 Å². The van der Waals surface area contributed by atoms with Crippen molar-refractivity contribution < 1.29 is 4.42 Å². The molecule has 3 heterocycles. The predicted molar refractivity (Wildman–Crippen MR) is 244 cm³/mol. The van der Waals surface area contributed by atoms with Crippen molar-refractivity contribution in [2.45, 2.75) is 0 Å². The van der Waals surface area contributed by atoms with Crippen LogP contribution in [0.1, 0.15) is 0 Å². The number of furan rings is 1. The Kier molecular flexibility index (Phi) is 7.50. The molecule has 4 heteroatoms. The summed E-state index contributed by atoms with van der Waals surface area (Å²) in [4.78, 5) is 15.4. The van der Waals surface area contributed by atoms with Gasteiger partial charge in [0.15, 0.2) is 11.4 Å². The van der Waals surface area contributed by atoms with Gasteiger partial charge < -0.3 is 4.42 Å². The molecule has 9 aromatic carbocycles. The molecule has 0 fully saturated rings. The molecule has 0 atom stereocenters. The van der Waals surface area contributed by atoms with E-state index in [0.29, 0.717) is 5.82 Å². The number of rotatable bonds is 5. The van der Waals surface area contributed by atoms with E-state index in [9.17, 15) is 0 Å². The summed E-state index contributed by atoms with van der Waals surface area (Å²) in [7, 11) is 0. The van der Waals surface area contributed by atoms with E-state index in [0.717, 1.165) is 83.3 Å². The van der Waals surface area contributed by atoms with Gasteiger partial charge in [-0.15, -0.1) is 0 Å². The molecule has 59 heavy (non-hydrogen) atoms. The van der Waals surface area contributed by atoms with E-state index in [2.05, 4.69) is 152 Å². The van der Waals surface area contributed by atoms with Gasteiger partial charge in [-0.2, -0.15) is 0 Å². The normalized spacial score (nSPS) is 11.7. The summed E-state index contributed by atoms with van der Waals surface area (Å²) in [6.07, 6.45) is 0. The van der Waals surface area contributed by atoms with E-state index in [-0.39, 0.29) is 0 Å². The minimum absolute atomic E-state index is 0.690. The molecule has 12 aromatic rings. The van der Waals surface area contributed by atoms with Crippen LogP contribution in [-0.4, -0.2) is 15.0 Å². The highest BCUT2D eigenvalue weighted by molar-refractivity contribution is 6.26. The summed E-state index contributed by atoms with van der Waals surface area (Å²) in [5.41, 5.74) is 11.3. The summed E-state index contributed by atoms with van der Waals surface area (Å²) in [5.74, 6) is 0.690. The summed E-state index contributed by atoms with van der Waals surface area (Å²) in [6.45, 7) is 0. The number of hydrogen-bond acceptors (Lipinski definition) is 4. The Bertz CT molecular complexity index is 3500. The van der Waals surface area contributed by atoms with Crippen molar-refractivity contribution in [1.82, 2.24) is 15.0 Å². The van der Waals surface area contributed by atoms with Gasteiger partial charge in [0.1, 0.15) is 11.3 Å². The molecule has 0 aliphatic rings. The van der Waals surface area contributed by atoms with Crippen molar-refractivity contribution in [2.24, 2.45) is 0 Å². The lowest BCUT2D eigenvalue weighted by molar-refractivity contribution is 0.669. The maximum Gasteiger partial charge on any atom is 0.162 e.